The standard InChI is InChI=1S/C15H19N3O5/c16-11(13(19)20)5-9-6-18(8-17-9)7-10-14(21)23-12-3-1-2-4-15(10,12)22/h2,4,6,8,10-12,22H,1,3,5,7,16H2,(H,19,20)/t10?,11-,12+,15-/m0/s1. The number of esters is 1. The number of aliphatic carboxylic acids is 1. The SMILES string of the molecule is N[C@@H](Cc1cn(CC2C(=O)O[C@@H]3CCC=C[C@]23O)cn1)C(=O)O. The minimum Gasteiger partial charge on any atom is -0.480 e. The van der Waals surface area contributed by atoms with Gasteiger partial charge in [0.2, 0.25) is 0 Å². The summed E-state index contributed by atoms with van der Waals surface area (Å²) in [5.74, 6) is -2.23. The molecule has 0 bridgehead atoms. The molecular formula is C15H19N3O5. The molecule has 0 radical (unpaired) electrons. The summed E-state index contributed by atoms with van der Waals surface area (Å²) in [6, 6.07) is -1.02. The van der Waals surface area contributed by atoms with Crippen LogP contribution in [0.1, 0.15) is 18.5 Å². The Balaban J connectivity index is 1.73. The first-order valence-corrected chi connectivity index (χ1v) is 7.49. The first-order chi connectivity index (χ1) is 10.9. The van der Waals surface area contributed by atoms with Crippen LogP contribution >= 0.6 is 0 Å². The van der Waals surface area contributed by atoms with Gasteiger partial charge in [0.1, 0.15) is 23.7 Å². The molecule has 3 rings (SSSR count). The third-order valence-electron chi connectivity index (χ3n) is 4.42. The number of ether oxygens (including phenoxy) is 1. The Bertz CT molecular complexity index is 655. The lowest BCUT2D eigenvalue weighted by atomic mass is 9.80. The van der Waals surface area contributed by atoms with Gasteiger partial charge in [0.05, 0.1) is 12.0 Å². The number of fused-ring (bicyclic) bond motifs is 1. The molecule has 8 nitrogen and oxygen atoms in total. The predicted octanol–water partition coefficient (Wildman–Crippen LogP) is -0.540. The van der Waals surface area contributed by atoms with Crippen LogP contribution in [0, 0.1) is 5.92 Å². The Hall–Kier alpha value is -2.19. The number of nitrogens with two attached hydrogens (primary N) is 1. The number of hydrogen-bond acceptors (Lipinski definition) is 6. The van der Waals surface area contributed by atoms with Crippen LogP contribution in [0.4, 0.5) is 0 Å². The number of hydrogen-bond donors (Lipinski definition) is 3. The molecular weight excluding hydrogens is 302 g/mol. The summed E-state index contributed by atoms with van der Waals surface area (Å²) in [5, 5.41) is 19.6. The van der Waals surface area contributed by atoms with Crippen LogP contribution in [-0.4, -0.2) is 49.4 Å². The van der Waals surface area contributed by atoms with E-state index in [1.165, 1.54) is 6.33 Å². The van der Waals surface area contributed by atoms with Crippen molar-refractivity contribution in [1.29, 1.82) is 0 Å². The lowest BCUT2D eigenvalue weighted by Gasteiger charge is -2.30. The summed E-state index contributed by atoms with van der Waals surface area (Å²) in [6.07, 6.45) is 7.62. The van der Waals surface area contributed by atoms with Crippen LogP contribution in [0.3, 0.4) is 0 Å². The molecule has 0 amide bonds. The van der Waals surface area contributed by atoms with E-state index >= 15 is 0 Å². The van der Waals surface area contributed by atoms with Crippen molar-refractivity contribution in [1.82, 2.24) is 9.55 Å². The molecule has 124 valence electrons. The largest absolute Gasteiger partial charge is 0.480 e. The van der Waals surface area contributed by atoms with E-state index in [9.17, 15) is 14.7 Å². The van der Waals surface area contributed by atoms with Crippen molar-refractivity contribution >= 4 is 11.9 Å². The monoisotopic (exact) mass is 321 g/mol. The van der Waals surface area contributed by atoms with Gasteiger partial charge in [0.25, 0.3) is 0 Å². The number of allylic oxidation sites excluding steroid dienone is 1. The molecule has 0 saturated carbocycles. The highest BCUT2D eigenvalue weighted by Crippen LogP contribution is 2.39. The van der Waals surface area contributed by atoms with Crippen molar-refractivity contribution < 1.29 is 24.5 Å². The number of carboxylic acids is 1. The van der Waals surface area contributed by atoms with Gasteiger partial charge in [0, 0.05) is 19.2 Å². The molecule has 0 spiro atoms. The Labute approximate surface area is 132 Å². The summed E-state index contributed by atoms with van der Waals surface area (Å²) >= 11 is 0. The molecule has 2 aliphatic rings. The van der Waals surface area contributed by atoms with Gasteiger partial charge in [-0.15, -0.1) is 0 Å². The second-order valence-corrected chi connectivity index (χ2v) is 6.06. The van der Waals surface area contributed by atoms with Gasteiger partial charge < -0.3 is 25.3 Å². The molecule has 2 heterocycles. The molecule has 8 heteroatoms. The van der Waals surface area contributed by atoms with Crippen molar-refractivity contribution in [2.75, 3.05) is 0 Å². The van der Waals surface area contributed by atoms with Gasteiger partial charge >= 0.3 is 11.9 Å². The molecule has 1 fully saturated rings. The molecule has 0 aromatic carbocycles. The Morgan fingerprint density at radius 3 is 3.13 bits per heavy atom. The number of aromatic nitrogens is 2. The van der Waals surface area contributed by atoms with Crippen LogP contribution in [0.15, 0.2) is 24.7 Å². The maximum absolute atomic E-state index is 12.1. The second kappa shape index (κ2) is 5.78. The lowest BCUT2D eigenvalue weighted by Crippen LogP contribution is -2.45. The third kappa shape index (κ3) is 2.87. The number of aliphatic hydroxyl groups is 1. The minimum absolute atomic E-state index is 0.101. The Morgan fingerprint density at radius 1 is 1.61 bits per heavy atom. The number of nitrogens with zero attached hydrogens (tertiary/aromatic N) is 2. The maximum atomic E-state index is 12.1. The highest BCUT2D eigenvalue weighted by molar-refractivity contribution is 5.77. The summed E-state index contributed by atoms with van der Waals surface area (Å²) in [5.41, 5.74) is 4.71. The van der Waals surface area contributed by atoms with E-state index in [0.29, 0.717) is 12.1 Å². The average Bonchev–Trinajstić information content (AvgIpc) is 3.03. The van der Waals surface area contributed by atoms with E-state index < -0.39 is 35.6 Å². The van der Waals surface area contributed by atoms with Crippen molar-refractivity contribution in [3.8, 4) is 0 Å². The number of imidazole rings is 1. The normalized spacial score (nSPS) is 30.8. The van der Waals surface area contributed by atoms with E-state index in [2.05, 4.69) is 4.98 Å². The van der Waals surface area contributed by atoms with E-state index in [4.69, 9.17) is 15.6 Å². The average molecular weight is 321 g/mol. The van der Waals surface area contributed by atoms with E-state index in [1.54, 1.807) is 16.8 Å². The Morgan fingerprint density at radius 2 is 2.39 bits per heavy atom. The van der Waals surface area contributed by atoms with Gasteiger partial charge in [0.15, 0.2) is 0 Å². The first-order valence-electron chi connectivity index (χ1n) is 7.49. The zero-order valence-corrected chi connectivity index (χ0v) is 12.5. The smallest absolute Gasteiger partial charge is 0.320 e. The van der Waals surface area contributed by atoms with Gasteiger partial charge in [-0.1, -0.05) is 12.2 Å². The maximum Gasteiger partial charge on any atom is 0.320 e. The van der Waals surface area contributed by atoms with Crippen LogP contribution in [0.2, 0.25) is 0 Å². The molecule has 1 aliphatic heterocycles. The van der Waals surface area contributed by atoms with Crippen LogP contribution < -0.4 is 5.73 Å². The summed E-state index contributed by atoms with van der Waals surface area (Å²) < 4.78 is 6.94. The minimum atomic E-state index is -1.29. The molecule has 1 saturated heterocycles. The highest BCUT2D eigenvalue weighted by atomic mass is 16.6. The van der Waals surface area contributed by atoms with E-state index in [1.807, 2.05) is 6.08 Å². The molecule has 23 heavy (non-hydrogen) atoms. The van der Waals surface area contributed by atoms with E-state index in [0.717, 1.165) is 6.42 Å². The fourth-order valence-corrected chi connectivity index (χ4v) is 3.12. The van der Waals surface area contributed by atoms with Crippen LogP contribution in [0.25, 0.3) is 0 Å². The van der Waals surface area contributed by atoms with Gasteiger partial charge in [-0.25, -0.2) is 4.98 Å². The summed E-state index contributed by atoms with van der Waals surface area (Å²) in [7, 11) is 0. The molecule has 1 aliphatic carbocycles. The molecule has 4 atom stereocenters. The van der Waals surface area contributed by atoms with Crippen molar-refractivity contribution in [3.05, 3.63) is 30.4 Å². The number of carbonyl (C=O) groups is 2. The number of carbonyl (C=O) groups excluding carboxylic acids is 1. The predicted molar refractivity (Wildman–Crippen MR) is 78.2 cm³/mol. The van der Waals surface area contributed by atoms with Gasteiger partial charge in [-0.2, -0.15) is 0 Å². The first kappa shape index (κ1) is 15.7. The van der Waals surface area contributed by atoms with Crippen LogP contribution in [-0.2, 0) is 27.3 Å². The van der Waals surface area contributed by atoms with Gasteiger partial charge in [-0.05, 0) is 12.8 Å². The molecule has 1 unspecified atom stereocenters. The number of rotatable bonds is 5. The summed E-state index contributed by atoms with van der Waals surface area (Å²) in [6.45, 7) is 0.214. The van der Waals surface area contributed by atoms with Gasteiger partial charge in [-0.3, -0.25) is 9.59 Å². The second-order valence-electron chi connectivity index (χ2n) is 6.06. The highest BCUT2D eigenvalue weighted by Gasteiger charge is 2.55. The van der Waals surface area contributed by atoms with Crippen molar-refractivity contribution in [3.63, 3.8) is 0 Å². The number of carboxylic acid groups (broad SMARTS) is 1. The zero-order chi connectivity index (χ0) is 16.6. The molecule has 4 N–H and O–H groups in total. The third-order valence-corrected chi connectivity index (χ3v) is 4.42. The fourth-order valence-electron chi connectivity index (χ4n) is 3.12. The molecule has 1 aromatic rings. The van der Waals surface area contributed by atoms with Crippen molar-refractivity contribution in [2.24, 2.45) is 11.7 Å². The fraction of sp³-hybridized carbons (Fsp3) is 0.533. The zero-order valence-electron chi connectivity index (χ0n) is 12.5. The lowest BCUT2D eigenvalue weighted by molar-refractivity contribution is -0.145. The van der Waals surface area contributed by atoms with Crippen LogP contribution in [0.5, 0.6) is 0 Å². The van der Waals surface area contributed by atoms with E-state index in [-0.39, 0.29) is 13.0 Å². The summed E-state index contributed by atoms with van der Waals surface area (Å²) in [4.78, 5) is 26.9. The Kier molecular flexibility index (Phi) is 3.95. The van der Waals surface area contributed by atoms with Crippen molar-refractivity contribution in [2.45, 2.75) is 43.6 Å². The quantitative estimate of drug-likeness (QED) is 0.491. The topological polar surface area (TPSA) is 128 Å². The molecule has 1 aromatic heterocycles.